The molecule has 4 rings (SSSR count). The van der Waals surface area contributed by atoms with Crippen LogP contribution in [0.3, 0.4) is 0 Å². The van der Waals surface area contributed by atoms with Crippen LogP contribution in [0.15, 0.2) is 79.1 Å². The summed E-state index contributed by atoms with van der Waals surface area (Å²) in [6.07, 6.45) is 7.81. The number of benzene rings is 2. The van der Waals surface area contributed by atoms with Crippen LogP contribution in [0.25, 0.3) is 5.57 Å². The number of nitrogens with zero attached hydrogens (tertiary/aromatic N) is 2. The molecule has 2 heterocycles. The minimum Gasteiger partial charge on any atom is -0.481 e. The molecule has 3 N–H and O–H groups in total. The van der Waals surface area contributed by atoms with Crippen molar-refractivity contribution in [1.29, 1.82) is 0 Å². The van der Waals surface area contributed by atoms with E-state index in [9.17, 15) is 9.59 Å². The molecule has 0 bridgehead atoms. The maximum atomic E-state index is 13.6. The number of hydrogen-bond acceptors (Lipinski definition) is 3. The van der Waals surface area contributed by atoms with Crippen LogP contribution in [0, 0.1) is 0 Å². The molecular weight excluding hydrogens is 404 g/mol. The van der Waals surface area contributed by atoms with Gasteiger partial charge in [0, 0.05) is 29.9 Å². The van der Waals surface area contributed by atoms with Gasteiger partial charge in [0.2, 0.25) is 0 Å². The largest absolute Gasteiger partial charge is 0.481 e. The average molecular weight is 431 g/mol. The van der Waals surface area contributed by atoms with Gasteiger partial charge in [0.15, 0.2) is 0 Å². The van der Waals surface area contributed by atoms with E-state index < -0.39 is 5.97 Å². The summed E-state index contributed by atoms with van der Waals surface area (Å²) in [4.78, 5) is 30.5. The highest BCUT2D eigenvalue weighted by Gasteiger charge is 2.29. The number of anilines is 1. The molecule has 1 aromatic heterocycles. The van der Waals surface area contributed by atoms with Crippen molar-refractivity contribution in [2.75, 3.05) is 4.90 Å². The van der Waals surface area contributed by atoms with Crippen LogP contribution in [-0.4, -0.2) is 27.4 Å². The molecule has 1 amide bonds. The third-order valence-corrected chi connectivity index (χ3v) is 5.45. The predicted octanol–water partition coefficient (Wildman–Crippen LogP) is 4.49. The van der Waals surface area contributed by atoms with Crippen molar-refractivity contribution in [2.24, 2.45) is 0 Å². The molecule has 0 spiro atoms. The normalized spacial score (nSPS) is 13.7. The lowest BCUT2D eigenvalue weighted by atomic mass is 9.94. The van der Waals surface area contributed by atoms with E-state index in [0.717, 1.165) is 40.8 Å². The quantitative estimate of drug-likeness (QED) is 0.558. The van der Waals surface area contributed by atoms with Crippen LogP contribution in [0.4, 0.5) is 5.69 Å². The highest BCUT2D eigenvalue weighted by molar-refractivity contribution is 6.13. The maximum Gasteiger partial charge on any atom is 0.303 e. The fourth-order valence-corrected chi connectivity index (χ4v) is 3.94. The lowest BCUT2D eigenvalue weighted by Gasteiger charge is -2.23. The fourth-order valence-electron chi connectivity index (χ4n) is 3.94. The molecule has 0 saturated heterocycles. The molecule has 6 nitrogen and oxygen atoms in total. The molecule has 0 saturated carbocycles. The smallest absolute Gasteiger partial charge is 0.303 e. The van der Waals surface area contributed by atoms with Crippen molar-refractivity contribution in [3.05, 3.63) is 101 Å². The van der Waals surface area contributed by atoms with Gasteiger partial charge >= 0.3 is 5.97 Å². The number of allylic oxidation sites excluding steroid dienone is 1. The summed E-state index contributed by atoms with van der Waals surface area (Å²) in [6.45, 7) is 0.477. The van der Waals surface area contributed by atoms with Crippen LogP contribution in [0.2, 0.25) is 0 Å². The Hall–Kier alpha value is -3.77. The Labute approximate surface area is 187 Å². The van der Waals surface area contributed by atoms with Gasteiger partial charge in [-0.1, -0.05) is 54.6 Å². The summed E-state index contributed by atoms with van der Waals surface area (Å²) in [5, 5.41) is 8.87. The van der Waals surface area contributed by atoms with Gasteiger partial charge in [-0.15, -0.1) is 0 Å². The molecule has 0 radical (unpaired) electrons. The minimum absolute atomic E-state index is 0. The van der Waals surface area contributed by atoms with E-state index in [1.807, 2.05) is 59.5 Å². The van der Waals surface area contributed by atoms with Crippen LogP contribution in [-0.2, 0) is 11.3 Å². The first kappa shape index (κ1) is 22.9. The molecule has 3 aromatic rings. The lowest BCUT2D eigenvalue weighted by Crippen LogP contribution is -2.30. The number of hydrogen-bond donors (Lipinski definition) is 1. The number of unbranched alkanes of at least 4 members (excludes halogenated alkanes) is 2. The molecule has 0 aliphatic carbocycles. The van der Waals surface area contributed by atoms with Crippen molar-refractivity contribution in [2.45, 2.75) is 32.2 Å². The summed E-state index contributed by atoms with van der Waals surface area (Å²) < 4.78 is 0. The Balaban J connectivity index is 0.00000289. The lowest BCUT2D eigenvalue weighted by molar-refractivity contribution is -0.137. The standard InChI is InChI=1S/C26H24N2O3.H2O/c29-25(30)14-6-2-5-11-20-21-12-7-8-13-24(21)28(18-19-9-3-1-4-10-19)26(31)22-15-16-27-17-23(20)22;/h1,3-4,7-13,15-17H,2,5-6,14,18H2,(H,29,30);1H2/b20-11-;. The van der Waals surface area contributed by atoms with E-state index in [2.05, 4.69) is 11.1 Å². The number of aliphatic carboxylic acids is 1. The molecule has 0 unspecified atom stereocenters. The Morgan fingerprint density at radius 3 is 2.47 bits per heavy atom. The van der Waals surface area contributed by atoms with Crippen molar-refractivity contribution in [1.82, 2.24) is 4.98 Å². The molecule has 164 valence electrons. The Morgan fingerprint density at radius 1 is 0.938 bits per heavy atom. The van der Waals surface area contributed by atoms with E-state index in [1.165, 1.54) is 0 Å². The number of aromatic nitrogens is 1. The monoisotopic (exact) mass is 430 g/mol. The number of fused-ring (bicyclic) bond motifs is 2. The minimum atomic E-state index is -0.774. The predicted molar refractivity (Wildman–Crippen MR) is 124 cm³/mol. The van der Waals surface area contributed by atoms with E-state index in [-0.39, 0.29) is 17.8 Å². The second-order valence-electron chi connectivity index (χ2n) is 7.57. The zero-order valence-corrected chi connectivity index (χ0v) is 17.7. The average Bonchev–Trinajstić information content (AvgIpc) is 2.89. The number of carbonyl (C=O) groups excluding carboxylic acids is 1. The Kier molecular flexibility index (Phi) is 7.52. The molecule has 32 heavy (non-hydrogen) atoms. The zero-order chi connectivity index (χ0) is 21.6. The van der Waals surface area contributed by atoms with Gasteiger partial charge in [0.25, 0.3) is 5.91 Å². The van der Waals surface area contributed by atoms with Gasteiger partial charge in [-0.05, 0) is 42.5 Å². The molecule has 0 atom stereocenters. The number of pyridine rings is 1. The van der Waals surface area contributed by atoms with Crippen LogP contribution in [0.5, 0.6) is 0 Å². The molecule has 6 heteroatoms. The van der Waals surface area contributed by atoms with Gasteiger partial charge in [-0.25, -0.2) is 0 Å². The maximum absolute atomic E-state index is 13.6. The second kappa shape index (κ2) is 10.5. The van der Waals surface area contributed by atoms with Gasteiger partial charge in [0.1, 0.15) is 0 Å². The summed E-state index contributed by atoms with van der Waals surface area (Å²) in [6, 6.07) is 19.7. The first-order valence-electron chi connectivity index (χ1n) is 10.5. The molecular formula is C26H26N2O4. The number of rotatable bonds is 7. The van der Waals surface area contributed by atoms with Crippen molar-refractivity contribution in [3.63, 3.8) is 0 Å². The number of carboxylic acids is 1. The first-order chi connectivity index (χ1) is 15.1. The van der Waals surface area contributed by atoms with Gasteiger partial charge in [0.05, 0.1) is 17.8 Å². The topological polar surface area (TPSA) is 102 Å². The third-order valence-electron chi connectivity index (χ3n) is 5.45. The highest BCUT2D eigenvalue weighted by atomic mass is 16.4. The van der Waals surface area contributed by atoms with Gasteiger partial charge in [-0.2, -0.15) is 0 Å². The first-order valence-corrected chi connectivity index (χ1v) is 10.5. The summed E-state index contributed by atoms with van der Waals surface area (Å²) >= 11 is 0. The highest BCUT2D eigenvalue weighted by Crippen LogP contribution is 2.38. The Morgan fingerprint density at radius 2 is 1.69 bits per heavy atom. The van der Waals surface area contributed by atoms with E-state index in [0.29, 0.717) is 18.5 Å². The van der Waals surface area contributed by atoms with Crippen LogP contribution >= 0.6 is 0 Å². The molecule has 2 aromatic carbocycles. The van der Waals surface area contributed by atoms with Gasteiger partial charge in [-0.3, -0.25) is 14.6 Å². The zero-order valence-electron chi connectivity index (χ0n) is 17.7. The third kappa shape index (κ3) is 4.92. The van der Waals surface area contributed by atoms with Crippen LogP contribution in [0.1, 0.15) is 52.7 Å². The van der Waals surface area contributed by atoms with Crippen molar-refractivity contribution < 1.29 is 20.2 Å². The molecule has 1 aliphatic heterocycles. The fraction of sp³-hybridized carbons (Fsp3) is 0.192. The SMILES string of the molecule is O.O=C(O)CCCC/C=C1\c2cnccc2C(=O)N(Cc2ccccc2)c2ccccc21. The van der Waals surface area contributed by atoms with Crippen molar-refractivity contribution >= 4 is 23.1 Å². The number of amides is 1. The van der Waals surface area contributed by atoms with E-state index in [1.54, 1.807) is 18.5 Å². The Bertz CT molecular complexity index is 1130. The number of para-hydroxylation sites is 1. The number of carboxylic acid groups (broad SMARTS) is 1. The summed E-state index contributed by atoms with van der Waals surface area (Å²) in [5.41, 5.74) is 5.31. The van der Waals surface area contributed by atoms with Crippen LogP contribution < -0.4 is 4.90 Å². The summed E-state index contributed by atoms with van der Waals surface area (Å²) in [7, 11) is 0. The van der Waals surface area contributed by atoms with E-state index >= 15 is 0 Å². The number of carbonyl (C=O) groups is 2. The summed E-state index contributed by atoms with van der Waals surface area (Å²) in [5.74, 6) is -0.827. The van der Waals surface area contributed by atoms with E-state index in [4.69, 9.17) is 5.11 Å². The van der Waals surface area contributed by atoms with Gasteiger partial charge < -0.3 is 15.5 Å². The molecule has 0 fully saturated rings. The second-order valence-corrected chi connectivity index (χ2v) is 7.57. The molecule has 1 aliphatic rings. The van der Waals surface area contributed by atoms with Crippen molar-refractivity contribution in [3.8, 4) is 0 Å².